The number of aromatic nitrogens is 2. The van der Waals surface area contributed by atoms with Gasteiger partial charge in [0.25, 0.3) is 5.91 Å². The lowest BCUT2D eigenvalue weighted by molar-refractivity contribution is 0.103. The summed E-state index contributed by atoms with van der Waals surface area (Å²) in [6.45, 7) is 4.09. The van der Waals surface area contributed by atoms with Crippen LogP contribution in [0.25, 0.3) is 31.6 Å². The minimum atomic E-state index is -0.374. The topological polar surface area (TPSA) is 131 Å². The predicted molar refractivity (Wildman–Crippen MR) is 140 cm³/mol. The van der Waals surface area contributed by atoms with Gasteiger partial charge in [0.1, 0.15) is 27.2 Å². The molecule has 0 saturated heterocycles. The van der Waals surface area contributed by atoms with Gasteiger partial charge in [-0.3, -0.25) is 10.1 Å². The zero-order valence-corrected chi connectivity index (χ0v) is 20.1. The van der Waals surface area contributed by atoms with Crippen molar-refractivity contribution in [1.82, 2.24) is 9.97 Å². The fourth-order valence-corrected chi connectivity index (χ4v) is 5.85. The summed E-state index contributed by atoms with van der Waals surface area (Å²) in [5.74, 6) is -0.264. The number of nitrogens with zero attached hydrogens (tertiary/aromatic N) is 3. The molecule has 2 aromatic carbocycles. The summed E-state index contributed by atoms with van der Waals surface area (Å²) in [6, 6.07) is 16.0. The molecule has 5 N–H and O–H groups in total. The Morgan fingerprint density at radius 2 is 1.88 bits per heavy atom. The highest BCUT2D eigenvalue weighted by atomic mass is 32.1. The summed E-state index contributed by atoms with van der Waals surface area (Å²) in [6.07, 6.45) is 0.898. The van der Waals surface area contributed by atoms with Crippen LogP contribution in [0.15, 0.2) is 42.5 Å². The molecule has 0 radical (unpaired) electrons. The molecule has 5 rings (SSSR count). The molecule has 0 unspecified atom stereocenters. The Hall–Kier alpha value is -4.00. The van der Waals surface area contributed by atoms with Crippen LogP contribution < -0.4 is 16.8 Å². The molecule has 0 aliphatic carbocycles. The quantitative estimate of drug-likeness (QED) is 0.298. The predicted octanol–water partition coefficient (Wildman–Crippen LogP) is 5.73. The second-order valence-electron chi connectivity index (χ2n) is 7.88. The molecule has 168 valence electrons. The van der Waals surface area contributed by atoms with Crippen LogP contribution in [0.3, 0.4) is 0 Å². The average Bonchev–Trinajstić information content (AvgIpc) is 3.37. The number of carbonyl (C=O) groups excluding carboxylic acids is 1. The zero-order valence-electron chi connectivity index (χ0n) is 18.5. The Bertz CT molecular complexity index is 1630. The molecule has 7 nitrogen and oxygen atoms in total. The Kier molecular flexibility index (Phi) is 5.40. The van der Waals surface area contributed by atoms with Crippen LogP contribution >= 0.6 is 22.7 Å². The van der Waals surface area contributed by atoms with Crippen molar-refractivity contribution in [1.29, 1.82) is 5.26 Å². The number of hydrogen-bond acceptors (Lipinski definition) is 8. The molecule has 1 amide bonds. The van der Waals surface area contributed by atoms with E-state index >= 15 is 0 Å². The normalized spacial score (nSPS) is 11.1. The number of nitrogen functional groups attached to an aromatic ring is 2. The van der Waals surface area contributed by atoms with Crippen LogP contribution in [0.2, 0.25) is 0 Å². The van der Waals surface area contributed by atoms with E-state index < -0.39 is 0 Å². The third-order valence-electron chi connectivity index (χ3n) is 5.64. The minimum absolute atomic E-state index is 0.110. The maximum Gasteiger partial charge on any atom is 0.269 e. The van der Waals surface area contributed by atoms with E-state index in [4.69, 9.17) is 11.5 Å². The molecule has 9 heteroatoms. The van der Waals surface area contributed by atoms with Crippen LogP contribution in [-0.4, -0.2) is 15.9 Å². The van der Waals surface area contributed by atoms with E-state index in [1.165, 1.54) is 16.9 Å². The molecule has 0 aliphatic rings. The van der Waals surface area contributed by atoms with Gasteiger partial charge in [0.15, 0.2) is 5.13 Å². The van der Waals surface area contributed by atoms with Crippen molar-refractivity contribution in [2.24, 2.45) is 0 Å². The van der Waals surface area contributed by atoms with Crippen molar-refractivity contribution in [2.75, 3.05) is 16.8 Å². The van der Waals surface area contributed by atoms with Crippen LogP contribution in [0.5, 0.6) is 0 Å². The van der Waals surface area contributed by atoms with Gasteiger partial charge in [0, 0.05) is 10.9 Å². The van der Waals surface area contributed by atoms with E-state index in [0.717, 1.165) is 39.1 Å². The number of nitrogens with two attached hydrogens (primary N) is 2. The molecule has 3 heterocycles. The van der Waals surface area contributed by atoms with Gasteiger partial charge in [0.2, 0.25) is 0 Å². The number of rotatable bonds is 4. The van der Waals surface area contributed by atoms with Crippen LogP contribution in [0.1, 0.15) is 33.3 Å². The van der Waals surface area contributed by atoms with E-state index in [9.17, 15) is 10.1 Å². The van der Waals surface area contributed by atoms with Gasteiger partial charge in [-0.1, -0.05) is 48.6 Å². The molecule has 0 fully saturated rings. The number of nitriles is 1. The van der Waals surface area contributed by atoms with Crippen molar-refractivity contribution in [3.05, 3.63) is 64.0 Å². The largest absolute Gasteiger partial charge is 0.397 e. The maximum atomic E-state index is 13.2. The number of pyridine rings is 1. The van der Waals surface area contributed by atoms with Crippen molar-refractivity contribution < 1.29 is 4.79 Å². The van der Waals surface area contributed by atoms with Gasteiger partial charge in [-0.25, -0.2) is 9.97 Å². The molecule has 0 aliphatic heterocycles. The van der Waals surface area contributed by atoms with Crippen LogP contribution in [-0.2, 0) is 6.42 Å². The lowest BCUT2D eigenvalue weighted by Crippen LogP contribution is -2.11. The first-order valence-corrected chi connectivity index (χ1v) is 12.2. The summed E-state index contributed by atoms with van der Waals surface area (Å²) >= 11 is 2.55. The van der Waals surface area contributed by atoms with Gasteiger partial charge in [-0.05, 0) is 42.2 Å². The van der Waals surface area contributed by atoms with Crippen LogP contribution in [0, 0.1) is 18.3 Å². The van der Waals surface area contributed by atoms with E-state index in [1.54, 1.807) is 0 Å². The van der Waals surface area contributed by atoms with E-state index in [1.807, 2.05) is 49.4 Å². The number of thiazole rings is 1. The molecule has 0 saturated carbocycles. The maximum absolute atomic E-state index is 13.2. The fraction of sp³-hybridized carbons (Fsp3) is 0.120. The van der Waals surface area contributed by atoms with Crippen molar-refractivity contribution in [3.8, 4) is 17.2 Å². The first kappa shape index (κ1) is 21.8. The van der Waals surface area contributed by atoms with Crippen molar-refractivity contribution >= 4 is 65.7 Å². The highest BCUT2D eigenvalue weighted by Crippen LogP contribution is 2.43. The summed E-state index contributed by atoms with van der Waals surface area (Å²) in [5.41, 5.74) is 17.7. The minimum Gasteiger partial charge on any atom is -0.397 e. The number of fused-ring (bicyclic) bond motifs is 2. The standard InChI is InChI=1S/C25H20N6OS2/c1-3-13-5-7-14(8-6-13)18-15(11-26)22(28)30-24-19(18)20(27)21(34-24)23(32)31-25-29-16-9-4-12(2)10-17(16)33-25/h4-10H,3,27H2,1-2H3,(H2,28,30)(H,29,31,32). The Morgan fingerprint density at radius 3 is 2.59 bits per heavy atom. The molecular weight excluding hydrogens is 464 g/mol. The second kappa shape index (κ2) is 8.41. The van der Waals surface area contributed by atoms with Gasteiger partial charge >= 0.3 is 0 Å². The monoisotopic (exact) mass is 484 g/mol. The van der Waals surface area contributed by atoms with E-state index in [-0.39, 0.29) is 23.0 Å². The lowest BCUT2D eigenvalue weighted by atomic mass is 9.96. The van der Waals surface area contributed by atoms with Crippen molar-refractivity contribution in [2.45, 2.75) is 20.3 Å². The van der Waals surface area contributed by atoms with Gasteiger partial charge in [-0.15, -0.1) is 11.3 Å². The molecule has 0 bridgehead atoms. The summed E-state index contributed by atoms with van der Waals surface area (Å²) in [7, 11) is 0. The molecule has 3 aromatic heterocycles. The number of carbonyl (C=O) groups is 1. The molecule has 34 heavy (non-hydrogen) atoms. The van der Waals surface area contributed by atoms with E-state index in [2.05, 4.69) is 28.3 Å². The van der Waals surface area contributed by atoms with Gasteiger partial charge < -0.3 is 11.5 Å². The second-order valence-corrected chi connectivity index (χ2v) is 9.91. The number of hydrogen-bond donors (Lipinski definition) is 3. The molecular formula is C25H20N6OS2. The van der Waals surface area contributed by atoms with Gasteiger partial charge in [0.05, 0.1) is 15.9 Å². The van der Waals surface area contributed by atoms with Crippen LogP contribution in [0.4, 0.5) is 16.6 Å². The Labute approximate surface area is 203 Å². The Balaban J connectivity index is 1.61. The summed E-state index contributed by atoms with van der Waals surface area (Å²) in [5, 5.41) is 13.7. The number of anilines is 3. The highest BCUT2D eigenvalue weighted by molar-refractivity contribution is 7.23. The first-order valence-electron chi connectivity index (χ1n) is 10.6. The fourth-order valence-electron chi connectivity index (χ4n) is 3.89. The number of amides is 1. The summed E-state index contributed by atoms with van der Waals surface area (Å²) in [4.78, 5) is 22.9. The highest BCUT2D eigenvalue weighted by Gasteiger charge is 2.25. The summed E-state index contributed by atoms with van der Waals surface area (Å²) < 4.78 is 0.991. The lowest BCUT2D eigenvalue weighted by Gasteiger charge is -2.10. The molecule has 0 spiro atoms. The van der Waals surface area contributed by atoms with E-state index in [0.29, 0.717) is 25.8 Å². The molecule has 5 aromatic rings. The number of thiophene rings is 1. The number of nitrogens with one attached hydrogen (secondary N) is 1. The van der Waals surface area contributed by atoms with Crippen molar-refractivity contribution in [3.63, 3.8) is 0 Å². The number of aryl methyl sites for hydroxylation is 2. The smallest absolute Gasteiger partial charge is 0.269 e. The average molecular weight is 485 g/mol. The third kappa shape index (κ3) is 3.63. The Morgan fingerprint density at radius 1 is 1.12 bits per heavy atom. The zero-order chi connectivity index (χ0) is 24.0. The first-order chi connectivity index (χ1) is 16.4. The number of benzene rings is 2. The third-order valence-corrected chi connectivity index (χ3v) is 7.67. The van der Waals surface area contributed by atoms with Gasteiger partial charge in [-0.2, -0.15) is 5.26 Å². The molecule has 0 atom stereocenters. The SMILES string of the molecule is CCc1ccc(-c2c(C#N)c(N)nc3sc(C(=O)Nc4nc5ccc(C)cc5s4)c(N)c23)cc1.